The van der Waals surface area contributed by atoms with E-state index in [9.17, 15) is 14.0 Å². The van der Waals surface area contributed by atoms with Crippen molar-refractivity contribution in [2.45, 2.75) is 24.5 Å². The highest BCUT2D eigenvalue weighted by molar-refractivity contribution is 7.99. The molecule has 0 saturated carbocycles. The maximum Gasteiger partial charge on any atom is 0.344 e. The van der Waals surface area contributed by atoms with E-state index < -0.39 is 0 Å². The first kappa shape index (κ1) is 18.1. The van der Waals surface area contributed by atoms with Gasteiger partial charge in [0.2, 0.25) is 0 Å². The van der Waals surface area contributed by atoms with Crippen molar-refractivity contribution in [1.82, 2.24) is 14.8 Å². The van der Waals surface area contributed by atoms with E-state index in [0.717, 1.165) is 5.56 Å². The van der Waals surface area contributed by atoms with Gasteiger partial charge in [0.1, 0.15) is 5.82 Å². The normalized spacial score (nSPS) is 10.8. The lowest BCUT2D eigenvalue weighted by Gasteiger charge is -2.05. The number of nitrogens with one attached hydrogen (secondary N) is 1. The number of carbonyl (C=O) groups excluding carboxylic acids is 1. The summed E-state index contributed by atoms with van der Waals surface area (Å²) < 4.78 is 14.5. The molecule has 134 valence electrons. The molecule has 1 aromatic heterocycles. The third-order valence-electron chi connectivity index (χ3n) is 3.85. The SMILES string of the molecule is O=C(CCCSc1n[nH]c(=O)n1Cc1ccccc1)c1ccc(F)cc1. The number of halogens is 1. The first-order valence-electron chi connectivity index (χ1n) is 8.24. The Labute approximate surface area is 154 Å². The number of nitrogens with zero attached hydrogens (tertiary/aromatic N) is 2. The lowest BCUT2D eigenvalue weighted by atomic mass is 10.1. The van der Waals surface area contributed by atoms with Crippen LogP contribution in [-0.4, -0.2) is 26.3 Å². The van der Waals surface area contributed by atoms with Crippen LogP contribution in [-0.2, 0) is 6.54 Å². The molecule has 0 aliphatic carbocycles. The van der Waals surface area contributed by atoms with Crippen LogP contribution in [0.3, 0.4) is 0 Å². The fourth-order valence-electron chi connectivity index (χ4n) is 2.50. The molecular weight excluding hydrogens is 353 g/mol. The quantitative estimate of drug-likeness (QED) is 0.374. The number of ketones is 1. The molecule has 2 aromatic carbocycles. The summed E-state index contributed by atoms with van der Waals surface area (Å²) in [5, 5.41) is 7.14. The molecule has 0 atom stereocenters. The van der Waals surface area contributed by atoms with Crippen molar-refractivity contribution >= 4 is 17.5 Å². The first-order chi connectivity index (χ1) is 12.6. The molecule has 0 aliphatic rings. The van der Waals surface area contributed by atoms with Crippen molar-refractivity contribution in [3.05, 3.63) is 82.0 Å². The minimum atomic E-state index is -0.355. The molecule has 3 rings (SSSR count). The van der Waals surface area contributed by atoms with E-state index in [1.165, 1.54) is 36.0 Å². The molecule has 1 N–H and O–H groups in total. The standard InChI is InChI=1S/C19H18FN3O2S/c20-16-10-8-15(9-11-16)17(24)7-4-12-26-19-22-21-18(25)23(19)13-14-5-2-1-3-6-14/h1-3,5-6,8-11H,4,7,12-13H2,(H,21,25). The van der Waals surface area contributed by atoms with E-state index in [4.69, 9.17) is 0 Å². The van der Waals surface area contributed by atoms with Crippen LogP contribution in [0, 0.1) is 5.82 Å². The van der Waals surface area contributed by atoms with Crippen LogP contribution in [0.1, 0.15) is 28.8 Å². The Kier molecular flexibility index (Phi) is 6.01. The molecule has 7 heteroatoms. The number of aromatic nitrogens is 3. The number of benzene rings is 2. The van der Waals surface area contributed by atoms with Crippen molar-refractivity contribution in [1.29, 1.82) is 0 Å². The predicted octanol–water partition coefficient (Wildman–Crippen LogP) is 3.51. The minimum absolute atomic E-state index is 0.0192. The van der Waals surface area contributed by atoms with Crippen molar-refractivity contribution < 1.29 is 9.18 Å². The summed E-state index contributed by atoms with van der Waals surface area (Å²) in [6, 6.07) is 15.2. The molecule has 0 spiro atoms. The zero-order valence-electron chi connectivity index (χ0n) is 14.0. The number of thioether (sulfide) groups is 1. The largest absolute Gasteiger partial charge is 0.344 e. The Morgan fingerprint density at radius 3 is 2.58 bits per heavy atom. The third-order valence-corrected chi connectivity index (χ3v) is 4.91. The highest BCUT2D eigenvalue weighted by Gasteiger charge is 2.10. The maximum atomic E-state index is 12.9. The topological polar surface area (TPSA) is 67.8 Å². The van der Waals surface area contributed by atoms with Crippen LogP contribution in [0.25, 0.3) is 0 Å². The molecule has 0 radical (unpaired) electrons. The van der Waals surface area contributed by atoms with Crippen molar-refractivity contribution in [3.8, 4) is 0 Å². The molecule has 0 unspecified atom stereocenters. The number of Topliss-reactive ketones (excluding diaryl/α,β-unsaturated/α-hetero) is 1. The van der Waals surface area contributed by atoms with Gasteiger partial charge in [0.15, 0.2) is 10.9 Å². The number of carbonyl (C=O) groups is 1. The van der Waals surface area contributed by atoms with Gasteiger partial charge in [-0.05, 0) is 36.2 Å². The summed E-state index contributed by atoms with van der Waals surface area (Å²) in [6.07, 6.45) is 1.01. The third kappa shape index (κ3) is 4.70. The van der Waals surface area contributed by atoms with Crippen LogP contribution in [0.15, 0.2) is 64.5 Å². The zero-order valence-corrected chi connectivity index (χ0v) is 14.8. The monoisotopic (exact) mass is 371 g/mol. The Morgan fingerprint density at radius 1 is 1.12 bits per heavy atom. The Bertz CT molecular complexity index is 920. The molecule has 0 aliphatic heterocycles. The average molecular weight is 371 g/mol. The van der Waals surface area contributed by atoms with Crippen molar-refractivity contribution in [3.63, 3.8) is 0 Å². The summed E-state index contributed by atoms with van der Waals surface area (Å²) in [5.41, 5.74) is 1.28. The molecule has 0 saturated heterocycles. The fourth-order valence-corrected chi connectivity index (χ4v) is 3.38. The second-order valence-corrected chi connectivity index (χ2v) is 6.83. The van der Waals surface area contributed by atoms with Crippen LogP contribution >= 0.6 is 11.8 Å². The summed E-state index contributed by atoms with van der Waals surface area (Å²) in [5.74, 6) is 0.285. The summed E-state index contributed by atoms with van der Waals surface area (Å²) >= 11 is 1.44. The van der Waals surface area contributed by atoms with E-state index in [1.807, 2.05) is 30.3 Å². The van der Waals surface area contributed by atoms with Crippen molar-refractivity contribution in [2.24, 2.45) is 0 Å². The van der Waals surface area contributed by atoms with Gasteiger partial charge in [-0.15, -0.1) is 5.10 Å². The van der Waals surface area contributed by atoms with E-state index in [-0.39, 0.29) is 17.3 Å². The Morgan fingerprint density at radius 2 is 1.85 bits per heavy atom. The molecule has 5 nitrogen and oxygen atoms in total. The second-order valence-electron chi connectivity index (χ2n) is 5.77. The van der Waals surface area contributed by atoms with Crippen LogP contribution in [0.4, 0.5) is 4.39 Å². The number of hydrogen-bond acceptors (Lipinski definition) is 4. The Balaban J connectivity index is 1.53. The van der Waals surface area contributed by atoms with Gasteiger partial charge < -0.3 is 0 Å². The van der Waals surface area contributed by atoms with Crippen LogP contribution in [0.2, 0.25) is 0 Å². The van der Waals surface area contributed by atoms with Gasteiger partial charge in [-0.2, -0.15) is 0 Å². The smallest absolute Gasteiger partial charge is 0.294 e. The lowest BCUT2D eigenvalue weighted by Crippen LogP contribution is -2.18. The highest BCUT2D eigenvalue weighted by Crippen LogP contribution is 2.17. The number of H-pyrrole nitrogens is 1. The molecule has 0 amide bonds. The molecule has 0 fully saturated rings. The number of aromatic amines is 1. The minimum Gasteiger partial charge on any atom is -0.294 e. The van der Waals surface area contributed by atoms with Crippen LogP contribution in [0.5, 0.6) is 0 Å². The first-order valence-corrected chi connectivity index (χ1v) is 9.23. The Hall–Kier alpha value is -2.67. The van der Waals surface area contributed by atoms with Crippen molar-refractivity contribution in [2.75, 3.05) is 5.75 Å². The van der Waals surface area contributed by atoms with Gasteiger partial charge in [-0.25, -0.2) is 14.3 Å². The lowest BCUT2D eigenvalue weighted by molar-refractivity contribution is 0.0982. The van der Waals surface area contributed by atoms with Gasteiger partial charge in [0.05, 0.1) is 6.54 Å². The van der Waals surface area contributed by atoms with E-state index in [0.29, 0.717) is 35.9 Å². The highest BCUT2D eigenvalue weighted by atomic mass is 32.2. The van der Waals surface area contributed by atoms with Gasteiger partial charge in [-0.1, -0.05) is 42.1 Å². The van der Waals surface area contributed by atoms with Gasteiger partial charge in [0.25, 0.3) is 0 Å². The summed E-state index contributed by atoms with van der Waals surface area (Å²) in [6.45, 7) is 0.451. The zero-order chi connectivity index (χ0) is 18.4. The maximum absolute atomic E-state index is 12.9. The van der Waals surface area contributed by atoms with E-state index in [2.05, 4.69) is 10.2 Å². The summed E-state index contributed by atoms with van der Waals surface area (Å²) in [4.78, 5) is 24.0. The molecular formula is C19H18FN3O2S. The predicted molar refractivity (Wildman–Crippen MR) is 99.1 cm³/mol. The van der Waals surface area contributed by atoms with Crippen LogP contribution < -0.4 is 5.69 Å². The van der Waals surface area contributed by atoms with Gasteiger partial charge in [-0.3, -0.25) is 9.36 Å². The molecule has 26 heavy (non-hydrogen) atoms. The molecule has 3 aromatic rings. The van der Waals surface area contributed by atoms with E-state index >= 15 is 0 Å². The average Bonchev–Trinajstić information content (AvgIpc) is 3.00. The van der Waals surface area contributed by atoms with Gasteiger partial charge >= 0.3 is 5.69 Å². The molecule has 0 bridgehead atoms. The number of hydrogen-bond donors (Lipinski definition) is 1. The molecule has 1 heterocycles. The second kappa shape index (κ2) is 8.62. The fraction of sp³-hybridized carbons (Fsp3) is 0.211. The summed E-state index contributed by atoms with van der Waals surface area (Å²) in [7, 11) is 0. The number of rotatable bonds is 8. The van der Waals surface area contributed by atoms with E-state index in [1.54, 1.807) is 4.57 Å². The van der Waals surface area contributed by atoms with Gasteiger partial charge in [0, 0.05) is 17.7 Å².